The summed E-state index contributed by atoms with van der Waals surface area (Å²) in [6.07, 6.45) is -0.0846. The van der Waals surface area contributed by atoms with Gasteiger partial charge in [-0.1, -0.05) is 6.07 Å². The van der Waals surface area contributed by atoms with Crippen LogP contribution in [0.1, 0.15) is 18.0 Å². The molecule has 0 saturated heterocycles. The second-order valence-corrected chi connectivity index (χ2v) is 3.95. The van der Waals surface area contributed by atoms with Crippen molar-refractivity contribution in [1.29, 1.82) is 0 Å². The first-order valence-corrected chi connectivity index (χ1v) is 5.14. The SMILES string of the molecule is COc1ccc(C(N)CC(=O)O)cc1Br. The maximum absolute atomic E-state index is 10.5. The fraction of sp³-hybridized carbons (Fsp3) is 0.300. The van der Waals surface area contributed by atoms with Crippen LogP contribution in [0.5, 0.6) is 5.75 Å². The largest absolute Gasteiger partial charge is 0.496 e. The molecule has 0 aliphatic heterocycles. The van der Waals surface area contributed by atoms with Crippen LogP contribution in [0, 0.1) is 0 Å². The van der Waals surface area contributed by atoms with Crippen LogP contribution in [-0.2, 0) is 4.79 Å². The number of halogens is 1. The molecule has 1 unspecified atom stereocenters. The lowest BCUT2D eigenvalue weighted by Gasteiger charge is -2.11. The molecule has 0 bridgehead atoms. The minimum absolute atomic E-state index is 0.0846. The van der Waals surface area contributed by atoms with Gasteiger partial charge in [-0.2, -0.15) is 0 Å². The molecule has 4 nitrogen and oxygen atoms in total. The number of carboxylic acids is 1. The Hall–Kier alpha value is -1.07. The van der Waals surface area contributed by atoms with Crippen molar-refractivity contribution in [1.82, 2.24) is 0 Å². The lowest BCUT2D eigenvalue weighted by atomic mass is 10.0. The molecule has 3 N–H and O–H groups in total. The number of benzene rings is 1. The second-order valence-electron chi connectivity index (χ2n) is 3.10. The summed E-state index contributed by atoms with van der Waals surface area (Å²) in [6, 6.07) is 4.79. The molecule has 0 radical (unpaired) electrons. The van der Waals surface area contributed by atoms with E-state index in [1.54, 1.807) is 25.3 Å². The Balaban J connectivity index is 2.87. The third kappa shape index (κ3) is 3.21. The van der Waals surface area contributed by atoms with E-state index in [0.717, 1.165) is 10.0 Å². The summed E-state index contributed by atoms with van der Waals surface area (Å²) in [6.45, 7) is 0. The van der Waals surface area contributed by atoms with E-state index in [0.29, 0.717) is 5.75 Å². The van der Waals surface area contributed by atoms with E-state index >= 15 is 0 Å². The summed E-state index contributed by atoms with van der Waals surface area (Å²) >= 11 is 3.31. The molecule has 0 amide bonds. The van der Waals surface area contributed by atoms with Gasteiger partial charge in [0.25, 0.3) is 0 Å². The molecule has 1 atom stereocenters. The standard InChI is InChI=1S/C10H12BrNO3/c1-15-9-3-2-6(4-7(9)11)8(12)5-10(13)14/h2-4,8H,5,12H2,1H3,(H,13,14). The summed E-state index contributed by atoms with van der Waals surface area (Å²) in [7, 11) is 1.57. The molecule has 0 saturated carbocycles. The summed E-state index contributed by atoms with van der Waals surface area (Å²) < 4.78 is 5.82. The van der Waals surface area contributed by atoms with E-state index in [9.17, 15) is 4.79 Å². The number of hydrogen-bond donors (Lipinski definition) is 2. The van der Waals surface area contributed by atoms with Gasteiger partial charge in [0.1, 0.15) is 5.75 Å². The minimum Gasteiger partial charge on any atom is -0.496 e. The normalized spacial score (nSPS) is 12.2. The van der Waals surface area contributed by atoms with Gasteiger partial charge >= 0.3 is 5.97 Å². The van der Waals surface area contributed by atoms with Gasteiger partial charge in [-0.3, -0.25) is 4.79 Å². The zero-order chi connectivity index (χ0) is 11.4. The topological polar surface area (TPSA) is 72.5 Å². The first-order chi connectivity index (χ1) is 7.04. The van der Waals surface area contributed by atoms with Gasteiger partial charge in [-0.15, -0.1) is 0 Å². The molecule has 1 aromatic rings. The van der Waals surface area contributed by atoms with Crippen LogP contribution in [-0.4, -0.2) is 18.2 Å². The molecular weight excluding hydrogens is 262 g/mol. The summed E-state index contributed by atoms with van der Waals surface area (Å²) in [5, 5.41) is 8.60. The van der Waals surface area contributed by atoms with Crippen LogP contribution in [0.3, 0.4) is 0 Å². The zero-order valence-electron chi connectivity index (χ0n) is 8.24. The minimum atomic E-state index is -0.908. The van der Waals surface area contributed by atoms with Crippen molar-refractivity contribution >= 4 is 21.9 Å². The lowest BCUT2D eigenvalue weighted by Crippen LogP contribution is -2.14. The van der Waals surface area contributed by atoms with Gasteiger partial charge in [0.05, 0.1) is 18.0 Å². The predicted octanol–water partition coefficient (Wildman–Crippen LogP) is 1.93. The highest BCUT2D eigenvalue weighted by atomic mass is 79.9. The van der Waals surface area contributed by atoms with Crippen LogP contribution in [0.2, 0.25) is 0 Å². The zero-order valence-corrected chi connectivity index (χ0v) is 9.82. The summed E-state index contributed by atoms with van der Waals surface area (Å²) in [4.78, 5) is 10.5. The van der Waals surface area contributed by atoms with Gasteiger partial charge in [0, 0.05) is 6.04 Å². The number of ether oxygens (including phenoxy) is 1. The van der Waals surface area contributed by atoms with Gasteiger partial charge in [0.2, 0.25) is 0 Å². The third-order valence-corrected chi connectivity index (χ3v) is 2.62. The maximum atomic E-state index is 10.5. The molecule has 0 aliphatic carbocycles. The van der Waals surface area contributed by atoms with Crippen LogP contribution in [0.15, 0.2) is 22.7 Å². The van der Waals surface area contributed by atoms with Crippen LogP contribution < -0.4 is 10.5 Å². The smallest absolute Gasteiger partial charge is 0.305 e. The second kappa shape index (κ2) is 5.14. The Morgan fingerprint density at radius 1 is 1.67 bits per heavy atom. The predicted molar refractivity (Wildman–Crippen MR) is 59.9 cm³/mol. The van der Waals surface area contributed by atoms with Crippen molar-refractivity contribution in [2.24, 2.45) is 5.73 Å². The van der Waals surface area contributed by atoms with Crippen molar-refractivity contribution in [3.05, 3.63) is 28.2 Å². The Morgan fingerprint density at radius 2 is 2.33 bits per heavy atom. The van der Waals surface area contributed by atoms with Gasteiger partial charge in [0.15, 0.2) is 0 Å². The highest BCUT2D eigenvalue weighted by Crippen LogP contribution is 2.28. The average Bonchev–Trinajstić information content (AvgIpc) is 2.16. The van der Waals surface area contributed by atoms with E-state index in [1.165, 1.54) is 0 Å². The quantitative estimate of drug-likeness (QED) is 0.880. The number of rotatable bonds is 4. The first-order valence-electron chi connectivity index (χ1n) is 4.35. The lowest BCUT2D eigenvalue weighted by molar-refractivity contribution is -0.137. The number of aliphatic carboxylic acids is 1. The first kappa shape index (κ1) is 12.0. The van der Waals surface area contributed by atoms with Gasteiger partial charge < -0.3 is 15.6 Å². The van der Waals surface area contributed by atoms with Crippen molar-refractivity contribution in [3.8, 4) is 5.75 Å². The van der Waals surface area contributed by atoms with Crippen LogP contribution >= 0.6 is 15.9 Å². The fourth-order valence-electron chi connectivity index (χ4n) is 1.22. The maximum Gasteiger partial charge on any atom is 0.305 e. The summed E-state index contributed by atoms with van der Waals surface area (Å²) in [5.74, 6) is -0.212. The Bertz CT molecular complexity index is 368. The molecular formula is C10H12BrNO3. The molecule has 0 aromatic heterocycles. The van der Waals surface area contributed by atoms with Crippen LogP contribution in [0.25, 0.3) is 0 Å². The molecule has 1 rings (SSSR count). The number of hydrogen-bond acceptors (Lipinski definition) is 3. The molecule has 5 heteroatoms. The number of carbonyl (C=O) groups is 1. The molecule has 0 spiro atoms. The number of nitrogens with two attached hydrogens (primary N) is 1. The van der Waals surface area contributed by atoms with Crippen LogP contribution in [0.4, 0.5) is 0 Å². The molecule has 82 valence electrons. The van der Waals surface area contributed by atoms with Gasteiger partial charge in [-0.05, 0) is 33.6 Å². The van der Waals surface area contributed by atoms with E-state index in [1.807, 2.05) is 0 Å². The van der Waals surface area contributed by atoms with Gasteiger partial charge in [-0.25, -0.2) is 0 Å². The van der Waals surface area contributed by atoms with Crippen molar-refractivity contribution in [3.63, 3.8) is 0 Å². The van der Waals surface area contributed by atoms with E-state index in [-0.39, 0.29) is 6.42 Å². The molecule has 1 aromatic carbocycles. The van der Waals surface area contributed by atoms with E-state index in [2.05, 4.69) is 15.9 Å². The highest BCUT2D eigenvalue weighted by Gasteiger charge is 2.12. The summed E-state index contributed by atoms with van der Waals surface area (Å²) in [5.41, 5.74) is 6.48. The molecule has 0 aliphatic rings. The molecule has 0 heterocycles. The van der Waals surface area contributed by atoms with E-state index < -0.39 is 12.0 Å². The molecule has 0 fully saturated rings. The average molecular weight is 274 g/mol. The third-order valence-electron chi connectivity index (χ3n) is 2.00. The number of carboxylic acid groups (broad SMARTS) is 1. The van der Waals surface area contributed by atoms with E-state index in [4.69, 9.17) is 15.6 Å². The Kier molecular flexibility index (Phi) is 4.11. The highest BCUT2D eigenvalue weighted by molar-refractivity contribution is 9.10. The van der Waals surface area contributed by atoms with Crippen molar-refractivity contribution in [2.75, 3.05) is 7.11 Å². The van der Waals surface area contributed by atoms with Crippen molar-refractivity contribution in [2.45, 2.75) is 12.5 Å². The number of methoxy groups -OCH3 is 1. The van der Waals surface area contributed by atoms with Crippen molar-refractivity contribution < 1.29 is 14.6 Å². The molecule has 15 heavy (non-hydrogen) atoms. The monoisotopic (exact) mass is 273 g/mol. The Morgan fingerprint density at radius 3 is 2.80 bits per heavy atom. The fourth-order valence-corrected chi connectivity index (χ4v) is 1.78. The Labute approximate surface area is 96.2 Å².